The normalized spacial score (nSPS) is 19.4. The van der Waals surface area contributed by atoms with Crippen molar-refractivity contribution >= 4 is 12.0 Å². The maximum absolute atomic E-state index is 12.1. The smallest absolute Gasteiger partial charge is 0.330 e. The lowest BCUT2D eigenvalue weighted by Crippen LogP contribution is -2.50. The van der Waals surface area contributed by atoms with E-state index in [1.165, 1.54) is 4.90 Å². The molecule has 0 aliphatic carbocycles. The van der Waals surface area contributed by atoms with E-state index in [4.69, 9.17) is 10.00 Å². The lowest BCUT2D eigenvalue weighted by atomic mass is 10.1. The molecule has 1 unspecified atom stereocenters. The van der Waals surface area contributed by atoms with Crippen LogP contribution in [0.15, 0.2) is 30.3 Å². The molecule has 1 fully saturated rings. The molecule has 0 bridgehead atoms. The van der Waals surface area contributed by atoms with Gasteiger partial charge in [0.1, 0.15) is 0 Å². The highest BCUT2D eigenvalue weighted by molar-refractivity contribution is 5.83. The lowest BCUT2D eigenvalue weighted by Gasteiger charge is -2.30. The van der Waals surface area contributed by atoms with Crippen LogP contribution in [0.3, 0.4) is 0 Å². The number of urea groups is 1. The second kappa shape index (κ2) is 6.72. The number of hydrogen-bond donors (Lipinski definition) is 2. The first kappa shape index (κ1) is 14.8. The molecule has 0 radical (unpaired) electrons. The van der Waals surface area contributed by atoms with E-state index in [2.05, 4.69) is 5.32 Å². The Morgan fingerprint density at radius 2 is 2.14 bits per heavy atom. The number of ether oxygens (including phenoxy) is 1. The quantitative estimate of drug-likeness (QED) is 0.854. The van der Waals surface area contributed by atoms with Crippen molar-refractivity contribution in [3.63, 3.8) is 0 Å². The molecule has 7 nitrogen and oxygen atoms in total. The first-order chi connectivity index (χ1) is 10.1. The molecule has 7 heteroatoms. The SMILES string of the molecule is N#CC1CN(C(=O)N[C@@H](C(=O)O)c2ccccc2)CCO1. The van der Waals surface area contributed by atoms with Crippen molar-refractivity contribution in [3.8, 4) is 6.07 Å². The van der Waals surface area contributed by atoms with Crippen LogP contribution in [0.5, 0.6) is 0 Å². The van der Waals surface area contributed by atoms with Gasteiger partial charge in [0.15, 0.2) is 12.1 Å². The largest absolute Gasteiger partial charge is 0.479 e. The van der Waals surface area contributed by atoms with E-state index in [1.54, 1.807) is 30.3 Å². The minimum absolute atomic E-state index is 0.128. The highest BCUT2D eigenvalue weighted by atomic mass is 16.5. The number of benzene rings is 1. The zero-order valence-electron chi connectivity index (χ0n) is 11.2. The van der Waals surface area contributed by atoms with Crippen molar-refractivity contribution in [1.82, 2.24) is 10.2 Å². The number of carbonyl (C=O) groups is 2. The third kappa shape index (κ3) is 3.70. The Morgan fingerprint density at radius 1 is 1.43 bits per heavy atom. The van der Waals surface area contributed by atoms with Crippen LogP contribution in [-0.2, 0) is 9.53 Å². The predicted molar refractivity (Wildman–Crippen MR) is 72.3 cm³/mol. The Labute approximate surface area is 121 Å². The molecule has 1 aliphatic heterocycles. The molecule has 0 saturated carbocycles. The summed E-state index contributed by atoms with van der Waals surface area (Å²) in [5, 5.41) is 20.5. The molecule has 1 aliphatic rings. The summed E-state index contributed by atoms with van der Waals surface area (Å²) in [4.78, 5) is 24.8. The molecule has 0 aromatic heterocycles. The lowest BCUT2D eigenvalue weighted by molar-refractivity contribution is -0.139. The van der Waals surface area contributed by atoms with Gasteiger partial charge in [0.25, 0.3) is 0 Å². The van der Waals surface area contributed by atoms with Gasteiger partial charge in [-0.15, -0.1) is 0 Å². The van der Waals surface area contributed by atoms with E-state index in [0.29, 0.717) is 12.1 Å². The predicted octanol–water partition coefficient (Wildman–Crippen LogP) is 0.746. The summed E-state index contributed by atoms with van der Waals surface area (Å²) in [6.07, 6.45) is -0.676. The molecule has 2 N–H and O–H groups in total. The third-order valence-electron chi connectivity index (χ3n) is 3.15. The van der Waals surface area contributed by atoms with Crippen LogP contribution in [0.2, 0.25) is 0 Å². The van der Waals surface area contributed by atoms with Crippen molar-refractivity contribution in [2.75, 3.05) is 19.7 Å². The molecule has 1 saturated heterocycles. The number of carboxylic acids is 1. The standard InChI is InChI=1S/C14H15N3O4/c15-8-11-9-17(6-7-21-11)14(20)16-12(13(18)19)10-4-2-1-3-5-10/h1-5,11-12H,6-7,9H2,(H,16,20)(H,18,19)/t11?,12-/m1/s1. The Kier molecular flexibility index (Phi) is 4.74. The van der Waals surface area contributed by atoms with Gasteiger partial charge in [0.2, 0.25) is 0 Å². The maximum Gasteiger partial charge on any atom is 0.330 e. The minimum Gasteiger partial charge on any atom is -0.479 e. The molecule has 1 aromatic rings. The molecule has 0 spiro atoms. The van der Waals surface area contributed by atoms with Gasteiger partial charge in [0, 0.05) is 6.54 Å². The topological polar surface area (TPSA) is 103 Å². The van der Waals surface area contributed by atoms with E-state index in [0.717, 1.165) is 0 Å². The van der Waals surface area contributed by atoms with E-state index < -0.39 is 24.1 Å². The van der Waals surface area contributed by atoms with Gasteiger partial charge in [-0.2, -0.15) is 5.26 Å². The summed E-state index contributed by atoms with van der Waals surface area (Å²) in [5.74, 6) is -1.14. The van der Waals surface area contributed by atoms with Crippen LogP contribution in [0, 0.1) is 11.3 Å². The minimum atomic E-state index is -1.14. The number of amides is 2. The van der Waals surface area contributed by atoms with Gasteiger partial charge in [-0.3, -0.25) is 0 Å². The Bertz CT molecular complexity index is 555. The molecule has 1 heterocycles. The van der Waals surface area contributed by atoms with Gasteiger partial charge in [0.05, 0.1) is 19.2 Å². The van der Waals surface area contributed by atoms with Gasteiger partial charge in [-0.1, -0.05) is 30.3 Å². The summed E-state index contributed by atoms with van der Waals surface area (Å²) >= 11 is 0. The van der Waals surface area contributed by atoms with Crippen molar-refractivity contribution < 1.29 is 19.4 Å². The van der Waals surface area contributed by atoms with E-state index in [9.17, 15) is 14.7 Å². The van der Waals surface area contributed by atoms with Crippen LogP contribution in [-0.4, -0.2) is 47.8 Å². The van der Waals surface area contributed by atoms with E-state index in [1.807, 2.05) is 6.07 Å². The number of carbonyl (C=O) groups excluding carboxylic acids is 1. The summed E-state index contributed by atoms with van der Waals surface area (Å²) < 4.78 is 5.15. The second-order valence-corrected chi connectivity index (χ2v) is 4.57. The Hall–Kier alpha value is -2.59. The highest BCUT2D eigenvalue weighted by Crippen LogP contribution is 2.14. The molecule has 2 atom stereocenters. The van der Waals surface area contributed by atoms with Gasteiger partial charge >= 0.3 is 12.0 Å². The second-order valence-electron chi connectivity index (χ2n) is 4.57. The molecule has 2 amide bonds. The van der Waals surface area contributed by atoms with E-state index >= 15 is 0 Å². The van der Waals surface area contributed by atoms with Crippen LogP contribution in [0.25, 0.3) is 0 Å². The van der Waals surface area contributed by atoms with Gasteiger partial charge < -0.3 is 20.1 Å². The van der Waals surface area contributed by atoms with E-state index in [-0.39, 0.29) is 13.2 Å². The number of rotatable bonds is 3. The van der Waals surface area contributed by atoms with Crippen LogP contribution < -0.4 is 5.32 Å². The number of nitrogens with zero attached hydrogens (tertiary/aromatic N) is 2. The van der Waals surface area contributed by atoms with Crippen LogP contribution >= 0.6 is 0 Å². The first-order valence-corrected chi connectivity index (χ1v) is 6.46. The summed E-state index contributed by atoms with van der Waals surface area (Å²) in [5.41, 5.74) is 0.489. The fraction of sp³-hybridized carbons (Fsp3) is 0.357. The average Bonchev–Trinajstić information content (AvgIpc) is 2.53. The van der Waals surface area contributed by atoms with Crippen LogP contribution in [0.4, 0.5) is 4.79 Å². The summed E-state index contributed by atoms with van der Waals surface area (Å²) in [7, 11) is 0. The highest BCUT2D eigenvalue weighted by Gasteiger charge is 2.28. The Morgan fingerprint density at radius 3 is 2.76 bits per heavy atom. The fourth-order valence-corrected chi connectivity index (χ4v) is 2.06. The van der Waals surface area contributed by atoms with Gasteiger partial charge in [-0.05, 0) is 5.56 Å². The molecule has 2 rings (SSSR count). The third-order valence-corrected chi connectivity index (χ3v) is 3.15. The van der Waals surface area contributed by atoms with Crippen molar-refractivity contribution in [2.24, 2.45) is 0 Å². The Balaban J connectivity index is 2.06. The number of hydrogen-bond acceptors (Lipinski definition) is 4. The number of nitriles is 1. The van der Waals surface area contributed by atoms with Crippen molar-refractivity contribution in [3.05, 3.63) is 35.9 Å². The zero-order valence-corrected chi connectivity index (χ0v) is 11.2. The summed E-state index contributed by atoms with van der Waals surface area (Å²) in [6.45, 7) is 0.712. The monoisotopic (exact) mass is 289 g/mol. The zero-order chi connectivity index (χ0) is 15.2. The summed E-state index contributed by atoms with van der Waals surface area (Å²) in [6, 6.07) is 8.75. The number of carboxylic acid groups (broad SMARTS) is 1. The first-order valence-electron chi connectivity index (χ1n) is 6.46. The van der Waals surface area contributed by atoms with Gasteiger partial charge in [-0.25, -0.2) is 9.59 Å². The maximum atomic E-state index is 12.1. The molecule has 110 valence electrons. The number of nitrogens with one attached hydrogen (secondary N) is 1. The molecule has 1 aromatic carbocycles. The van der Waals surface area contributed by atoms with Crippen molar-refractivity contribution in [1.29, 1.82) is 5.26 Å². The molecular weight excluding hydrogens is 274 g/mol. The molecular formula is C14H15N3O4. The van der Waals surface area contributed by atoms with Crippen LogP contribution in [0.1, 0.15) is 11.6 Å². The van der Waals surface area contributed by atoms with Crippen molar-refractivity contribution in [2.45, 2.75) is 12.1 Å². The average molecular weight is 289 g/mol. The number of aliphatic carboxylic acids is 1. The molecule has 21 heavy (non-hydrogen) atoms. The number of morpholine rings is 1. The fourth-order valence-electron chi connectivity index (χ4n) is 2.06.